The van der Waals surface area contributed by atoms with Crippen molar-refractivity contribution < 1.29 is 13.6 Å². The number of halogens is 2. The Bertz CT molecular complexity index is 817. The summed E-state index contributed by atoms with van der Waals surface area (Å²) in [6, 6.07) is 5.81. The normalized spacial score (nSPS) is 20.1. The summed E-state index contributed by atoms with van der Waals surface area (Å²) in [5, 5.41) is 2.71. The lowest BCUT2D eigenvalue weighted by atomic mass is 10.0. The lowest BCUT2D eigenvalue weighted by Crippen LogP contribution is -2.44. The largest absolute Gasteiger partial charge is 0.335 e. The van der Waals surface area contributed by atoms with Gasteiger partial charge in [-0.05, 0) is 18.2 Å². The van der Waals surface area contributed by atoms with Crippen molar-refractivity contribution >= 4 is 5.91 Å². The molecule has 1 aromatic heterocycles. The number of hydrogen-bond acceptors (Lipinski definition) is 4. The first-order valence-electron chi connectivity index (χ1n) is 7.38. The first kappa shape index (κ1) is 16.3. The summed E-state index contributed by atoms with van der Waals surface area (Å²) in [4.78, 5) is 23.5. The van der Waals surface area contributed by atoms with Crippen LogP contribution in [0.3, 0.4) is 0 Å². The van der Waals surface area contributed by atoms with E-state index >= 15 is 0 Å². The Kier molecular flexibility index (Phi) is 4.41. The van der Waals surface area contributed by atoms with Crippen LogP contribution in [0.25, 0.3) is 0 Å². The van der Waals surface area contributed by atoms with Crippen LogP contribution in [0.5, 0.6) is 0 Å². The fraction of sp³-hybridized carbons (Fsp3) is 0.250. The van der Waals surface area contributed by atoms with E-state index in [1.54, 1.807) is 7.05 Å². The second-order valence-corrected chi connectivity index (χ2v) is 5.61. The van der Waals surface area contributed by atoms with Crippen molar-refractivity contribution in [2.75, 3.05) is 0 Å². The standard InChI is InChI=1S/C16H16F2N4O2/c1-22-8-9(5-6-14(22)23)16(24)19-13-7-12(20-21-13)15-10(17)3-2-4-11(15)18/h2-6,8,12-13,20-21H,7H2,1H3,(H,19,24). The van der Waals surface area contributed by atoms with Crippen molar-refractivity contribution in [3.63, 3.8) is 0 Å². The Hall–Kier alpha value is -2.58. The van der Waals surface area contributed by atoms with Crippen LogP contribution in [0.2, 0.25) is 0 Å². The van der Waals surface area contributed by atoms with Gasteiger partial charge in [0.2, 0.25) is 5.56 Å². The fourth-order valence-corrected chi connectivity index (χ4v) is 2.65. The molecule has 1 aromatic carbocycles. The molecule has 0 radical (unpaired) electrons. The summed E-state index contributed by atoms with van der Waals surface area (Å²) in [6.45, 7) is 0. The van der Waals surface area contributed by atoms with Crippen molar-refractivity contribution in [1.29, 1.82) is 0 Å². The predicted octanol–water partition coefficient (Wildman–Crippen LogP) is 0.959. The summed E-state index contributed by atoms with van der Waals surface area (Å²) >= 11 is 0. The zero-order chi connectivity index (χ0) is 17.3. The van der Waals surface area contributed by atoms with Gasteiger partial charge in [-0.1, -0.05) is 6.07 Å². The molecule has 1 aliphatic heterocycles. The van der Waals surface area contributed by atoms with Gasteiger partial charge in [-0.25, -0.2) is 19.6 Å². The van der Waals surface area contributed by atoms with Gasteiger partial charge in [-0.3, -0.25) is 9.59 Å². The minimum atomic E-state index is -0.640. The molecule has 126 valence electrons. The van der Waals surface area contributed by atoms with Crippen molar-refractivity contribution in [2.45, 2.75) is 18.6 Å². The summed E-state index contributed by atoms with van der Waals surface area (Å²) in [5.41, 5.74) is 5.62. The molecule has 0 saturated carbocycles. The number of amides is 1. The van der Waals surface area contributed by atoms with Crippen molar-refractivity contribution in [3.8, 4) is 0 Å². The topological polar surface area (TPSA) is 75.2 Å². The van der Waals surface area contributed by atoms with Gasteiger partial charge < -0.3 is 9.88 Å². The quantitative estimate of drug-likeness (QED) is 0.782. The minimum absolute atomic E-state index is 0.0659. The number of nitrogens with zero attached hydrogens (tertiary/aromatic N) is 1. The molecule has 0 bridgehead atoms. The molecule has 1 saturated heterocycles. The zero-order valence-corrected chi connectivity index (χ0v) is 12.8. The summed E-state index contributed by atoms with van der Waals surface area (Å²) in [7, 11) is 1.55. The highest BCUT2D eigenvalue weighted by atomic mass is 19.1. The average Bonchev–Trinajstić information content (AvgIpc) is 2.98. The van der Waals surface area contributed by atoms with Crippen LogP contribution in [0.1, 0.15) is 28.4 Å². The highest BCUT2D eigenvalue weighted by molar-refractivity contribution is 5.94. The van der Waals surface area contributed by atoms with Gasteiger partial charge >= 0.3 is 0 Å². The van der Waals surface area contributed by atoms with E-state index in [-0.39, 0.29) is 23.5 Å². The van der Waals surface area contributed by atoms with Gasteiger partial charge in [-0.15, -0.1) is 0 Å². The molecule has 2 unspecified atom stereocenters. The third-order valence-electron chi connectivity index (χ3n) is 3.90. The third-order valence-corrected chi connectivity index (χ3v) is 3.90. The van der Waals surface area contributed by atoms with E-state index in [4.69, 9.17) is 0 Å². The van der Waals surface area contributed by atoms with Gasteiger partial charge in [0.1, 0.15) is 11.6 Å². The molecule has 0 spiro atoms. The number of aromatic nitrogens is 1. The maximum Gasteiger partial charge on any atom is 0.254 e. The molecule has 3 rings (SSSR count). The monoisotopic (exact) mass is 334 g/mol. The number of nitrogens with one attached hydrogen (secondary N) is 3. The molecule has 1 aliphatic rings. The molecule has 1 amide bonds. The molecule has 3 N–H and O–H groups in total. The average molecular weight is 334 g/mol. The molecule has 6 nitrogen and oxygen atoms in total. The highest BCUT2D eigenvalue weighted by Crippen LogP contribution is 2.26. The van der Waals surface area contributed by atoms with Crippen molar-refractivity contribution in [3.05, 3.63) is 69.6 Å². The Balaban J connectivity index is 1.69. The lowest BCUT2D eigenvalue weighted by Gasteiger charge is -2.13. The second kappa shape index (κ2) is 6.50. The molecule has 8 heteroatoms. The van der Waals surface area contributed by atoms with E-state index < -0.39 is 23.8 Å². The number of aryl methyl sites for hydroxylation is 1. The van der Waals surface area contributed by atoms with Crippen LogP contribution in [-0.2, 0) is 7.05 Å². The van der Waals surface area contributed by atoms with Gasteiger partial charge in [0, 0.05) is 31.3 Å². The van der Waals surface area contributed by atoms with Crippen LogP contribution in [0, 0.1) is 11.6 Å². The molecule has 2 atom stereocenters. The van der Waals surface area contributed by atoms with Crippen LogP contribution in [-0.4, -0.2) is 16.6 Å². The number of benzene rings is 1. The SMILES string of the molecule is Cn1cc(C(=O)NC2CC(c3c(F)cccc3F)NN2)ccc1=O. The Morgan fingerprint density at radius 3 is 2.58 bits per heavy atom. The van der Waals surface area contributed by atoms with E-state index in [9.17, 15) is 18.4 Å². The third kappa shape index (κ3) is 3.19. The molecule has 24 heavy (non-hydrogen) atoms. The molecular formula is C16H16F2N4O2. The van der Waals surface area contributed by atoms with Gasteiger partial charge in [0.25, 0.3) is 5.91 Å². The van der Waals surface area contributed by atoms with E-state index in [0.717, 1.165) is 0 Å². The first-order valence-corrected chi connectivity index (χ1v) is 7.38. The van der Waals surface area contributed by atoms with Gasteiger partial charge in [0.05, 0.1) is 17.8 Å². The maximum atomic E-state index is 13.8. The van der Waals surface area contributed by atoms with Crippen LogP contribution >= 0.6 is 0 Å². The van der Waals surface area contributed by atoms with Crippen molar-refractivity contribution in [1.82, 2.24) is 20.7 Å². The van der Waals surface area contributed by atoms with Gasteiger partial charge in [0.15, 0.2) is 0 Å². The number of rotatable bonds is 3. The van der Waals surface area contributed by atoms with Crippen LogP contribution in [0.15, 0.2) is 41.3 Å². The smallest absolute Gasteiger partial charge is 0.254 e. The van der Waals surface area contributed by atoms with E-state index in [1.165, 1.54) is 41.1 Å². The molecule has 2 heterocycles. The molecule has 2 aromatic rings. The minimum Gasteiger partial charge on any atom is -0.335 e. The Morgan fingerprint density at radius 2 is 1.92 bits per heavy atom. The lowest BCUT2D eigenvalue weighted by molar-refractivity contribution is 0.0931. The van der Waals surface area contributed by atoms with Crippen LogP contribution in [0.4, 0.5) is 8.78 Å². The van der Waals surface area contributed by atoms with Crippen LogP contribution < -0.4 is 21.7 Å². The molecule has 1 fully saturated rings. The zero-order valence-electron chi connectivity index (χ0n) is 12.8. The number of carbonyl (C=O) groups is 1. The number of carbonyl (C=O) groups excluding carboxylic acids is 1. The van der Waals surface area contributed by atoms with E-state index in [1.807, 2.05) is 0 Å². The second-order valence-electron chi connectivity index (χ2n) is 5.61. The maximum absolute atomic E-state index is 13.8. The molecule has 0 aliphatic carbocycles. The van der Waals surface area contributed by atoms with Crippen molar-refractivity contribution in [2.24, 2.45) is 7.05 Å². The fourth-order valence-electron chi connectivity index (χ4n) is 2.65. The van der Waals surface area contributed by atoms with E-state index in [0.29, 0.717) is 5.56 Å². The highest BCUT2D eigenvalue weighted by Gasteiger charge is 2.30. The number of hydrogen-bond donors (Lipinski definition) is 3. The Labute approximate surface area is 136 Å². The summed E-state index contributed by atoms with van der Waals surface area (Å²) in [5.74, 6) is -1.67. The predicted molar refractivity (Wildman–Crippen MR) is 82.9 cm³/mol. The summed E-state index contributed by atoms with van der Waals surface area (Å²) in [6.07, 6.45) is 1.20. The summed E-state index contributed by atoms with van der Waals surface area (Å²) < 4.78 is 28.9. The Morgan fingerprint density at radius 1 is 1.21 bits per heavy atom. The number of pyridine rings is 1. The van der Waals surface area contributed by atoms with Gasteiger partial charge in [-0.2, -0.15) is 0 Å². The van der Waals surface area contributed by atoms with E-state index in [2.05, 4.69) is 16.2 Å². The first-order chi connectivity index (χ1) is 11.5. The molecular weight excluding hydrogens is 318 g/mol. The number of hydrazine groups is 1.